The van der Waals surface area contributed by atoms with E-state index in [1.807, 2.05) is 18.2 Å². The summed E-state index contributed by atoms with van der Waals surface area (Å²) in [7, 11) is 0. The smallest absolute Gasteiger partial charge is 0.161 e. The Balaban J connectivity index is 1.73. The van der Waals surface area contributed by atoms with Gasteiger partial charge in [-0.1, -0.05) is 17.7 Å². The Morgan fingerprint density at radius 2 is 1.86 bits per heavy atom. The second-order valence-electron chi connectivity index (χ2n) is 4.81. The van der Waals surface area contributed by atoms with Crippen LogP contribution in [0.2, 0.25) is 5.02 Å². The van der Waals surface area contributed by atoms with E-state index in [1.54, 1.807) is 0 Å². The third kappa shape index (κ3) is 3.39. The molecule has 0 saturated carbocycles. The number of rotatable bonds is 3. The maximum Gasteiger partial charge on any atom is 0.161 e. The second kappa shape index (κ2) is 6.22. The number of anilines is 1. The predicted molar refractivity (Wildman–Crippen MR) is 80.8 cm³/mol. The standard InChI is InChI=1S/C16H15ClFNO2/c17-13-4-3-12(18)9-14(13)19-10-11-2-5-15-16(8-11)21-7-1-6-20-15/h2-5,8-9,19H,1,6-7,10H2. The van der Waals surface area contributed by atoms with Gasteiger partial charge >= 0.3 is 0 Å². The quantitative estimate of drug-likeness (QED) is 0.919. The zero-order valence-corrected chi connectivity index (χ0v) is 12.1. The van der Waals surface area contributed by atoms with Crippen LogP contribution in [0.5, 0.6) is 11.5 Å². The van der Waals surface area contributed by atoms with Crippen LogP contribution in [0.15, 0.2) is 36.4 Å². The van der Waals surface area contributed by atoms with Gasteiger partial charge in [0.15, 0.2) is 11.5 Å². The van der Waals surface area contributed by atoms with Crippen LogP contribution in [0.25, 0.3) is 0 Å². The van der Waals surface area contributed by atoms with Crippen molar-refractivity contribution in [2.45, 2.75) is 13.0 Å². The van der Waals surface area contributed by atoms with Crippen molar-refractivity contribution < 1.29 is 13.9 Å². The summed E-state index contributed by atoms with van der Waals surface area (Å²) in [4.78, 5) is 0. The molecule has 0 unspecified atom stereocenters. The number of halogens is 2. The van der Waals surface area contributed by atoms with Gasteiger partial charge in [0.1, 0.15) is 5.82 Å². The van der Waals surface area contributed by atoms with Crippen molar-refractivity contribution in [3.63, 3.8) is 0 Å². The van der Waals surface area contributed by atoms with Gasteiger partial charge in [0.05, 0.1) is 23.9 Å². The Bertz CT molecular complexity index is 648. The summed E-state index contributed by atoms with van der Waals surface area (Å²) in [5, 5.41) is 3.62. The third-order valence-electron chi connectivity index (χ3n) is 3.22. The van der Waals surface area contributed by atoms with Gasteiger partial charge in [-0.25, -0.2) is 4.39 Å². The van der Waals surface area contributed by atoms with Crippen LogP contribution in [-0.4, -0.2) is 13.2 Å². The molecule has 0 aromatic heterocycles. The number of ether oxygens (including phenoxy) is 2. The van der Waals surface area contributed by atoms with Crippen LogP contribution in [0.1, 0.15) is 12.0 Å². The first-order chi connectivity index (χ1) is 10.2. The van der Waals surface area contributed by atoms with Crippen molar-refractivity contribution in [1.29, 1.82) is 0 Å². The lowest BCUT2D eigenvalue weighted by Gasteiger charge is -2.11. The Morgan fingerprint density at radius 3 is 2.71 bits per heavy atom. The van der Waals surface area contributed by atoms with Gasteiger partial charge in [-0.2, -0.15) is 0 Å². The van der Waals surface area contributed by atoms with Crippen LogP contribution >= 0.6 is 11.6 Å². The molecule has 5 heteroatoms. The molecular weight excluding hydrogens is 293 g/mol. The maximum atomic E-state index is 13.2. The Morgan fingerprint density at radius 1 is 1.05 bits per heavy atom. The summed E-state index contributed by atoms with van der Waals surface area (Å²) in [6.07, 6.45) is 0.876. The molecule has 0 spiro atoms. The molecule has 0 radical (unpaired) electrons. The van der Waals surface area contributed by atoms with E-state index in [0.717, 1.165) is 23.5 Å². The highest BCUT2D eigenvalue weighted by molar-refractivity contribution is 6.33. The fraction of sp³-hybridized carbons (Fsp3) is 0.250. The molecule has 21 heavy (non-hydrogen) atoms. The first-order valence-corrected chi connectivity index (χ1v) is 7.17. The monoisotopic (exact) mass is 307 g/mol. The molecule has 1 aliphatic heterocycles. The van der Waals surface area contributed by atoms with Crippen LogP contribution in [-0.2, 0) is 6.54 Å². The first-order valence-electron chi connectivity index (χ1n) is 6.80. The number of nitrogens with one attached hydrogen (secondary N) is 1. The molecule has 0 aliphatic carbocycles. The maximum absolute atomic E-state index is 13.2. The normalized spacial score (nSPS) is 13.6. The zero-order valence-electron chi connectivity index (χ0n) is 11.4. The molecule has 1 heterocycles. The molecule has 1 aliphatic rings. The van der Waals surface area contributed by atoms with Crippen LogP contribution in [0.3, 0.4) is 0 Å². The van der Waals surface area contributed by atoms with E-state index in [2.05, 4.69) is 5.32 Å². The summed E-state index contributed by atoms with van der Waals surface area (Å²) < 4.78 is 24.4. The molecule has 110 valence electrons. The van der Waals surface area contributed by atoms with Crippen molar-refractivity contribution in [1.82, 2.24) is 0 Å². The van der Waals surface area contributed by atoms with E-state index >= 15 is 0 Å². The summed E-state index contributed by atoms with van der Waals surface area (Å²) >= 11 is 6.03. The van der Waals surface area contributed by atoms with Crippen LogP contribution < -0.4 is 14.8 Å². The number of benzene rings is 2. The van der Waals surface area contributed by atoms with Crippen LogP contribution in [0, 0.1) is 5.82 Å². The fourth-order valence-corrected chi connectivity index (χ4v) is 2.33. The van der Waals surface area contributed by atoms with E-state index in [-0.39, 0.29) is 5.82 Å². The van der Waals surface area contributed by atoms with Gasteiger partial charge in [0, 0.05) is 13.0 Å². The molecule has 2 aromatic rings. The molecule has 0 bridgehead atoms. The lowest BCUT2D eigenvalue weighted by molar-refractivity contribution is 0.297. The summed E-state index contributed by atoms with van der Waals surface area (Å²) in [5.41, 5.74) is 1.59. The van der Waals surface area contributed by atoms with Crippen molar-refractivity contribution in [2.75, 3.05) is 18.5 Å². The van der Waals surface area contributed by atoms with Crippen molar-refractivity contribution in [2.24, 2.45) is 0 Å². The lowest BCUT2D eigenvalue weighted by atomic mass is 10.2. The Hall–Kier alpha value is -1.94. The van der Waals surface area contributed by atoms with Gasteiger partial charge in [-0.05, 0) is 35.9 Å². The summed E-state index contributed by atoms with van der Waals surface area (Å²) in [5.74, 6) is 1.19. The summed E-state index contributed by atoms with van der Waals surface area (Å²) in [6.45, 7) is 1.85. The Labute approximate surface area is 127 Å². The third-order valence-corrected chi connectivity index (χ3v) is 3.55. The van der Waals surface area contributed by atoms with E-state index in [0.29, 0.717) is 30.5 Å². The van der Waals surface area contributed by atoms with Crippen molar-refractivity contribution in [3.05, 3.63) is 52.8 Å². The molecule has 0 fully saturated rings. The number of fused-ring (bicyclic) bond motifs is 1. The minimum absolute atomic E-state index is 0.319. The SMILES string of the molecule is Fc1ccc(Cl)c(NCc2ccc3c(c2)OCCCO3)c1. The van der Waals surface area contributed by atoms with Crippen molar-refractivity contribution in [3.8, 4) is 11.5 Å². The largest absolute Gasteiger partial charge is 0.490 e. The van der Waals surface area contributed by atoms with Gasteiger partial charge in [0.2, 0.25) is 0 Å². The fourth-order valence-electron chi connectivity index (χ4n) is 2.15. The van der Waals surface area contributed by atoms with E-state index in [9.17, 15) is 4.39 Å². The van der Waals surface area contributed by atoms with Gasteiger partial charge in [-0.3, -0.25) is 0 Å². The van der Waals surface area contributed by atoms with Gasteiger partial charge < -0.3 is 14.8 Å². The van der Waals surface area contributed by atoms with Crippen LogP contribution in [0.4, 0.5) is 10.1 Å². The molecule has 0 amide bonds. The molecule has 3 nitrogen and oxygen atoms in total. The lowest BCUT2D eigenvalue weighted by Crippen LogP contribution is -2.01. The van der Waals surface area contributed by atoms with Gasteiger partial charge in [0.25, 0.3) is 0 Å². The predicted octanol–water partition coefficient (Wildman–Crippen LogP) is 4.25. The molecule has 3 rings (SSSR count). The first kappa shape index (κ1) is 14.0. The molecule has 0 atom stereocenters. The highest BCUT2D eigenvalue weighted by Gasteiger charge is 2.10. The molecule has 1 N–H and O–H groups in total. The Kier molecular flexibility index (Phi) is 4.15. The molecular formula is C16H15ClFNO2. The van der Waals surface area contributed by atoms with E-state index in [1.165, 1.54) is 18.2 Å². The average Bonchev–Trinajstić information content (AvgIpc) is 2.73. The minimum Gasteiger partial charge on any atom is -0.490 e. The summed E-state index contributed by atoms with van der Waals surface area (Å²) in [6, 6.07) is 10.0. The number of hydrogen-bond acceptors (Lipinski definition) is 3. The highest BCUT2D eigenvalue weighted by Crippen LogP contribution is 2.31. The molecule has 0 saturated heterocycles. The zero-order chi connectivity index (χ0) is 14.7. The highest BCUT2D eigenvalue weighted by atomic mass is 35.5. The average molecular weight is 308 g/mol. The topological polar surface area (TPSA) is 30.5 Å². The number of hydrogen-bond donors (Lipinski definition) is 1. The molecule has 2 aromatic carbocycles. The van der Waals surface area contributed by atoms with Gasteiger partial charge in [-0.15, -0.1) is 0 Å². The second-order valence-corrected chi connectivity index (χ2v) is 5.22. The van der Waals surface area contributed by atoms with E-state index in [4.69, 9.17) is 21.1 Å². The van der Waals surface area contributed by atoms with Crippen molar-refractivity contribution >= 4 is 17.3 Å². The van der Waals surface area contributed by atoms with E-state index < -0.39 is 0 Å². The minimum atomic E-state index is -0.319.